The molecule has 5 rings (SSSR count). The van der Waals surface area contributed by atoms with E-state index in [1.165, 1.54) is 17.8 Å². The Morgan fingerprint density at radius 2 is 1.71 bits per heavy atom. The van der Waals surface area contributed by atoms with Crippen LogP contribution in [0.25, 0.3) is 11.2 Å². The predicted molar refractivity (Wildman–Crippen MR) is 127 cm³/mol. The number of hydrogen-bond donors (Lipinski definition) is 0. The second-order valence-electron chi connectivity index (χ2n) is 8.85. The van der Waals surface area contributed by atoms with Crippen LogP contribution in [0.2, 0.25) is 0 Å². The summed E-state index contributed by atoms with van der Waals surface area (Å²) in [6, 6.07) is 8.17. The first kappa shape index (κ1) is 22.8. The van der Waals surface area contributed by atoms with Crippen LogP contribution < -0.4 is 4.74 Å². The Kier molecular flexibility index (Phi) is 6.03. The van der Waals surface area contributed by atoms with Gasteiger partial charge in [0, 0.05) is 44.8 Å². The molecule has 0 radical (unpaired) electrons. The van der Waals surface area contributed by atoms with E-state index in [0.717, 1.165) is 43.0 Å². The monoisotopic (exact) mass is 483 g/mol. The van der Waals surface area contributed by atoms with Gasteiger partial charge in [-0.2, -0.15) is 4.31 Å². The molecule has 34 heavy (non-hydrogen) atoms. The molecule has 180 valence electrons. The summed E-state index contributed by atoms with van der Waals surface area (Å²) in [7, 11) is -2.09. The van der Waals surface area contributed by atoms with Gasteiger partial charge >= 0.3 is 0 Å². The molecule has 0 spiro atoms. The van der Waals surface area contributed by atoms with Gasteiger partial charge in [-0.1, -0.05) is 6.42 Å². The number of carbonyl (C=O) groups is 1. The van der Waals surface area contributed by atoms with Crippen molar-refractivity contribution in [3.63, 3.8) is 0 Å². The lowest BCUT2D eigenvalue weighted by Gasteiger charge is -2.34. The van der Waals surface area contributed by atoms with E-state index in [-0.39, 0.29) is 23.9 Å². The molecule has 0 N–H and O–H groups in total. The van der Waals surface area contributed by atoms with Crippen LogP contribution in [-0.2, 0) is 23.0 Å². The molecule has 9 nitrogen and oxygen atoms in total. The minimum absolute atomic E-state index is 0.120. The fourth-order valence-corrected chi connectivity index (χ4v) is 6.20. The number of rotatable bonds is 4. The van der Waals surface area contributed by atoms with Gasteiger partial charge in [-0.25, -0.2) is 18.4 Å². The molecule has 4 heterocycles. The van der Waals surface area contributed by atoms with Gasteiger partial charge in [0.15, 0.2) is 5.65 Å². The van der Waals surface area contributed by atoms with Crippen LogP contribution >= 0.6 is 0 Å². The van der Waals surface area contributed by atoms with Crippen LogP contribution in [0.3, 0.4) is 0 Å². The quantitative estimate of drug-likeness (QED) is 0.566. The summed E-state index contributed by atoms with van der Waals surface area (Å²) in [6.07, 6.45) is 4.25. The Morgan fingerprint density at radius 3 is 2.41 bits per heavy atom. The van der Waals surface area contributed by atoms with Crippen molar-refractivity contribution in [2.75, 3.05) is 33.3 Å². The number of methoxy groups -OCH3 is 1. The Bertz CT molecular complexity index is 1330. The smallest absolute Gasteiger partial charge is 0.256 e. The number of hydrogen-bond acceptors (Lipinski definition) is 6. The third kappa shape index (κ3) is 4.05. The van der Waals surface area contributed by atoms with Gasteiger partial charge in [-0.3, -0.25) is 4.79 Å². The number of fused-ring (bicyclic) bond motifs is 3. The molecule has 10 heteroatoms. The number of amides is 1. The van der Waals surface area contributed by atoms with E-state index in [1.807, 2.05) is 6.92 Å². The van der Waals surface area contributed by atoms with Crippen LogP contribution in [0.15, 0.2) is 35.2 Å². The fraction of sp³-hybridized carbons (Fsp3) is 0.458. The van der Waals surface area contributed by atoms with Crippen LogP contribution in [0.5, 0.6) is 5.75 Å². The molecule has 0 unspecified atom stereocenters. The van der Waals surface area contributed by atoms with Crippen LogP contribution in [0, 0.1) is 6.92 Å². The fourth-order valence-electron chi connectivity index (χ4n) is 4.78. The topological polar surface area (TPSA) is 97.6 Å². The van der Waals surface area contributed by atoms with Crippen molar-refractivity contribution >= 4 is 27.1 Å². The average molecular weight is 484 g/mol. The third-order valence-electron chi connectivity index (χ3n) is 6.65. The van der Waals surface area contributed by atoms with Crippen molar-refractivity contribution in [2.45, 2.75) is 44.0 Å². The van der Waals surface area contributed by atoms with Gasteiger partial charge in [0.05, 0.1) is 17.6 Å². The standard InChI is InChI=1S/C24H29N5O4S/c1-17-16-20(22-23(25-17)29-11-5-3-4-6-21(29)26-22)24(30)27-12-14-28(15-13-27)34(31,32)19-9-7-18(33-2)8-10-19/h7-10,16H,3-6,11-15H2,1-2H3. The number of imidazole rings is 1. The summed E-state index contributed by atoms with van der Waals surface area (Å²) in [5.41, 5.74) is 2.76. The highest BCUT2D eigenvalue weighted by atomic mass is 32.2. The highest BCUT2D eigenvalue weighted by Crippen LogP contribution is 2.26. The minimum Gasteiger partial charge on any atom is -0.497 e. The lowest BCUT2D eigenvalue weighted by atomic mass is 10.1. The number of pyridine rings is 1. The molecule has 2 aromatic heterocycles. The Labute approximate surface area is 199 Å². The SMILES string of the molecule is COc1ccc(S(=O)(=O)N2CCN(C(=O)c3cc(C)nc4c3nc3n4CCCCC3)CC2)cc1. The highest BCUT2D eigenvalue weighted by molar-refractivity contribution is 7.89. The molecule has 1 amide bonds. The highest BCUT2D eigenvalue weighted by Gasteiger charge is 2.32. The summed E-state index contributed by atoms with van der Waals surface area (Å²) >= 11 is 0. The number of aromatic nitrogens is 3. The van der Waals surface area contributed by atoms with E-state index < -0.39 is 10.0 Å². The molecule has 1 aromatic carbocycles. The zero-order chi connectivity index (χ0) is 23.9. The van der Waals surface area contributed by atoms with Gasteiger partial charge in [-0.05, 0) is 50.1 Å². The molecule has 0 atom stereocenters. The minimum atomic E-state index is -3.63. The lowest BCUT2D eigenvalue weighted by molar-refractivity contribution is 0.0699. The first-order valence-corrected chi connectivity index (χ1v) is 13.1. The molecule has 1 fully saturated rings. The van der Waals surface area contributed by atoms with E-state index >= 15 is 0 Å². The second-order valence-corrected chi connectivity index (χ2v) is 10.8. The normalized spacial score (nSPS) is 17.4. The molecule has 0 bridgehead atoms. The van der Waals surface area contributed by atoms with Crippen molar-refractivity contribution in [2.24, 2.45) is 0 Å². The maximum Gasteiger partial charge on any atom is 0.256 e. The van der Waals surface area contributed by atoms with Gasteiger partial charge in [0.2, 0.25) is 10.0 Å². The molecular weight excluding hydrogens is 454 g/mol. The van der Waals surface area contributed by atoms with Crippen molar-refractivity contribution in [1.29, 1.82) is 0 Å². The van der Waals surface area contributed by atoms with Gasteiger partial charge in [0.1, 0.15) is 17.1 Å². The first-order chi connectivity index (χ1) is 16.4. The van der Waals surface area contributed by atoms with Crippen LogP contribution in [0.1, 0.15) is 41.1 Å². The number of nitrogens with zero attached hydrogens (tertiary/aromatic N) is 5. The molecule has 0 aliphatic carbocycles. The van der Waals surface area contributed by atoms with E-state index in [1.54, 1.807) is 35.2 Å². The maximum atomic E-state index is 13.5. The van der Waals surface area contributed by atoms with Crippen LogP contribution in [0.4, 0.5) is 0 Å². The second kappa shape index (κ2) is 8.99. The molecule has 3 aromatic rings. The maximum absolute atomic E-state index is 13.5. The Hall–Kier alpha value is -2.98. The van der Waals surface area contributed by atoms with Crippen LogP contribution in [-0.4, -0.2) is 71.4 Å². The Balaban J connectivity index is 1.36. The van der Waals surface area contributed by atoms with Crippen molar-refractivity contribution in [1.82, 2.24) is 23.7 Å². The zero-order valence-electron chi connectivity index (χ0n) is 19.5. The summed E-state index contributed by atoms with van der Waals surface area (Å²) in [4.78, 5) is 25.0. The van der Waals surface area contributed by atoms with Gasteiger partial charge < -0.3 is 14.2 Å². The summed E-state index contributed by atoms with van der Waals surface area (Å²) in [6.45, 7) is 3.90. The average Bonchev–Trinajstić information content (AvgIpc) is 3.03. The van der Waals surface area contributed by atoms with Crippen molar-refractivity contribution < 1.29 is 17.9 Å². The number of carbonyl (C=O) groups excluding carboxylic acids is 1. The van der Waals surface area contributed by atoms with Crippen molar-refractivity contribution in [3.05, 3.63) is 47.4 Å². The molecule has 2 aliphatic rings. The Morgan fingerprint density at radius 1 is 0.971 bits per heavy atom. The number of ether oxygens (including phenoxy) is 1. The molecule has 1 saturated heterocycles. The van der Waals surface area contributed by atoms with E-state index in [4.69, 9.17) is 14.7 Å². The van der Waals surface area contributed by atoms with Gasteiger partial charge in [-0.15, -0.1) is 0 Å². The molecular formula is C24H29N5O4S. The lowest BCUT2D eigenvalue weighted by Crippen LogP contribution is -2.50. The third-order valence-corrected chi connectivity index (χ3v) is 8.56. The number of aryl methyl sites for hydroxylation is 3. The van der Waals surface area contributed by atoms with Crippen molar-refractivity contribution in [3.8, 4) is 5.75 Å². The number of benzene rings is 1. The first-order valence-electron chi connectivity index (χ1n) is 11.7. The van der Waals surface area contributed by atoms with E-state index in [9.17, 15) is 13.2 Å². The van der Waals surface area contributed by atoms with Gasteiger partial charge in [0.25, 0.3) is 5.91 Å². The molecule has 0 saturated carbocycles. The largest absolute Gasteiger partial charge is 0.497 e. The summed E-state index contributed by atoms with van der Waals surface area (Å²) < 4.78 is 34.8. The predicted octanol–water partition coefficient (Wildman–Crippen LogP) is 2.62. The number of piperazine rings is 1. The van der Waals surface area contributed by atoms with E-state index in [2.05, 4.69) is 4.57 Å². The number of sulfonamides is 1. The summed E-state index contributed by atoms with van der Waals surface area (Å²) in [5.74, 6) is 1.48. The van der Waals surface area contributed by atoms with E-state index in [0.29, 0.717) is 29.9 Å². The summed E-state index contributed by atoms with van der Waals surface area (Å²) in [5, 5.41) is 0. The molecule has 2 aliphatic heterocycles. The zero-order valence-corrected chi connectivity index (χ0v) is 20.3.